The van der Waals surface area contributed by atoms with Crippen molar-refractivity contribution in [3.8, 4) is 5.75 Å². The highest BCUT2D eigenvalue weighted by molar-refractivity contribution is 5.93. The number of carboxylic acids is 1. The predicted octanol–water partition coefficient (Wildman–Crippen LogP) is 2.35. The lowest BCUT2D eigenvalue weighted by molar-refractivity contribution is 0.0696. The molecule has 0 spiro atoms. The van der Waals surface area contributed by atoms with Crippen molar-refractivity contribution < 1.29 is 19.8 Å². The fourth-order valence-electron chi connectivity index (χ4n) is 1.48. The Morgan fingerprint density at radius 3 is 2.58 bits per heavy atom. The number of amides is 2. The van der Waals surface area contributed by atoms with Crippen LogP contribution in [0.1, 0.15) is 30.1 Å². The van der Waals surface area contributed by atoms with Crippen molar-refractivity contribution in [2.45, 2.75) is 19.8 Å². The molecule has 1 aromatic carbocycles. The molecule has 0 saturated heterocycles. The number of unbranched alkanes of at least 4 members (excludes halogenated alkanes) is 1. The lowest BCUT2D eigenvalue weighted by Crippen LogP contribution is -2.32. The first-order chi connectivity index (χ1) is 8.95. The third-order valence-electron chi connectivity index (χ3n) is 2.68. The Morgan fingerprint density at radius 1 is 1.37 bits per heavy atom. The topological polar surface area (TPSA) is 89.9 Å². The minimum atomic E-state index is -1.13. The molecule has 6 heteroatoms. The van der Waals surface area contributed by atoms with Crippen molar-refractivity contribution >= 4 is 17.7 Å². The van der Waals surface area contributed by atoms with E-state index in [4.69, 9.17) is 5.11 Å². The number of aromatic carboxylic acids is 1. The number of aromatic hydroxyl groups is 1. The molecule has 6 nitrogen and oxygen atoms in total. The number of hydrogen-bond acceptors (Lipinski definition) is 3. The largest absolute Gasteiger partial charge is 0.506 e. The molecule has 1 rings (SSSR count). The van der Waals surface area contributed by atoms with Gasteiger partial charge < -0.3 is 20.4 Å². The smallest absolute Gasteiger partial charge is 0.335 e. The molecule has 0 heterocycles. The lowest BCUT2D eigenvalue weighted by Gasteiger charge is -2.18. The van der Waals surface area contributed by atoms with Crippen LogP contribution in [0.3, 0.4) is 0 Å². The van der Waals surface area contributed by atoms with Gasteiger partial charge in [0, 0.05) is 13.6 Å². The summed E-state index contributed by atoms with van der Waals surface area (Å²) in [6.07, 6.45) is 1.88. The van der Waals surface area contributed by atoms with E-state index >= 15 is 0 Å². The van der Waals surface area contributed by atoms with Crippen molar-refractivity contribution in [2.75, 3.05) is 18.9 Å². The number of urea groups is 1. The Morgan fingerprint density at radius 2 is 2.05 bits per heavy atom. The monoisotopic (exact) mass is 266 g/mol. The van der Waals surface area contributed by atoms with Crippen LogP contribution < -0.4 is 5.32 Å². The zero-order valence-corrected chi connectivity index (χ0v) is 11.0. The molecule has 0 radical (unpaired) electrons. The minimum Gasteiger partial charge on any atom is -0.506 e. The molecule has 0 fully saturated rings. The number of carbonyl (C=O) groups excluding carboxylic acids is 1. The van der Waals surface area contributed by atoms with Crippen molar-refractivity contribution in [2.24, 2.45) is 0 Å². The minimum absolute atomic E-state index is 0.0326. The molecule has 0 aliphatic carbocycles. The van der Waals surface area contributed by atoms with Gasteiger partial charge in [0.05, 0.1) is 11.3 Å². The van der Waals surface area contributed by atoms with Crippen LogP contribution in [0.5, 0.6) is 5.75 Å². The zero-order valence-electron chi connectivity index (χ0n) is 11.0. The number of nitrogens with zero attached hydrogens (tertiary/aromatic N) is 1. The maximum absolute atomic E-state index is 11.8. The SMILES string of the molecule is CCCCN(C)C(=O)Nc1ccc(C(=O)O)cc1O. The Balaban J connectivity index is 2.72. The number of carboxylic acid groups (broad SMARTS) is 1. The normalized spacial score (nSPS) is 10.0. The van der Waals surface area contributed by atoms with Crippen LogP contribution in [0.4, 0.5) is 10.5 Å². The second-order valence-electron chi connectivity index (χ2n) is 4.24. The van der Waals surface area contributed by atoms with Gasteiger partial charge in [0.15, 0.2) is 0 Å². The molecule has 104 valence electrons. The van der Waals surface area contributed by atoms with Crippen LogP contribution in [0.25, 0.3) is 0 Å². The van der Waals surface area contributed by atoms with Gasteiger partial charge in [0.25, 0.3) is 0 Å². The number of carbonyl (C=O) groups is 2. The summed E-state index contributed by atoms with van der Waals surface area (Å²) >= 11 is 0. The van der Waals surface area contributed by atoms with Gasteiger partial charge in [0.2, 0.25) is 0 Å². The first-order valence-electron chi connectivity index (χ1n) is 6.04. The van der Waals surface area contributed by atoms with E-state index in [1.807, 2.05) is 6.92 Å². The second-order valence-corrected chi connectivity index (χ2v) is 4.24. The van der Waals surface area contributed by atoms with Gasteiger partial charge in [-0.05, 0) is 24.6 Å². The van der Waals surface area contributed by atoms with Crippen LogP contribution in [-0.2, 0) is 0 Å². The fraction of sp³-hybridized carbons (Fsp3) is 0.385. The average molecular weight is 266 g/mol. The summed E-state index contributed by atoms with van der Waals surface area (Å²) < 4.78 is 0. The van der Waals surface area contributed by atoms with Gasteiger partial charge in [0.1, 0.15) is 5.75 Å². The van der Waals surface area contributed by atoms with E-state index in [0.29, 0.717) is 6.54 Å². The Hall–Kier alpha value is -2.24. The summed E-state index contributed by atoms with van der Waals surface area (Å²) in [4.78, 5) is 24.0. The average Bonchev–Trinajstić information content (AvgIpc) is 2.37. The van der Waals surface area contributed by atoms with Crippen molar-refractivity contribution in [1.29, 1.82) is 0 Å². The van der Waals surface area contributed by atoms with E-state index in [0.717, 1.165) is 18.9 Å². The van der Waals surface area contributed by atoms with E-state index < -0.39 is 5.97 Å². The molecule has 3 N–H and O–H groups in total. The number of hydrogen-bond donors (Lipinski definition) is 3. The second kappa shape index (κ2) is 6.63. The first-order valence-corrected chi connectivity index (χ1v) is 6.04. The Kier molecular flexibility index (Phi) is 5.17. The van der Waals surface area contributed by atoms with Gasteiger partial charge in [-0.25, -0.2) is 9.59 Å². The Bertz CT molecular complexity index is 474. The number of phenols is 1. The summed E-state index contributed by atoms with van der Waals surface area (Å²) in [6, 6.07) is 3.45. The quantitative estimate of drug-likeness (QED) is 0.713. The number of nitrogens with one attached hydrogen (secondary N) is 1. The molecule has 0 saturated carbocycles. The highest BCUT2D eigenvalue weighted by atomic mass is 16.4. The molecule has 0 bridgehead atoms. The van der Waals surface area contributed by atoms with E-state index in [2.05, 4.69) is 5.32 Å². The molecule has 0 unspecified atom stereocenters. The number of benzene rings is 1. The third kappa shape index (κ3) is 4.17. The van der Waals surface area contributed by atoms with Crippen LogP contribution in [0.15, 0.2) is 18.2 Å². The molecule has 0 atom stereocenters. The summed E-state index contributed by atoms with van der Waals surface area (Å²) in [5.41, 5.74) is 0.160. The molecule has 2 amide bonds. The molecule has 19 heavy (non-hydrogen) atoms. The molecular formula is C13H18N2O4. The maximum Gasteiger partial charge on any atom is 0.335 e. The van der Waals surface area contributed by atoms with E-state index in [-0.39, 0.29) is 23.0 Å². The number of phenolic OH excluding ortho intramolecular Hbond substituents is 1. The summed E-state index contributed by atoms with van der Waals surface area (Å²) in [7, 11) is 1.66. The molecular weight excluding hydrogens is 248 g/mol. The number of anilines is 1. The van der Waals surface area contributed by atoms with Gasteiger partial charge in [-0.3, -0.25) is 0 Å². The number of rotatable bonds is 5. The van der Waals surface area contributed by atoms with Crippen molar-refractivity contribution in [3.63, 3.8) is 0 Å². The highest BCUT2D eigenvalue weighted by Gasteiger charge is 2.12. The van der Waals surface area contributed by atoms with Crippen LogP contribution in [0.2, 0.25) is 0 Å². The first kappa shape index (κ1) is 14.8. The van der Waals surface area contributed by atoms with E-state index in [9.17, 15) is 14.7 Å². The maximum atomic E-state index is 11.8. The van der Waals surface area contributed by atoms with Crippen molar-refractivity contribution in [1.82, 2.24) is 4.90 Å². The standard InChI is InChI=1S/C13H18N2O4/c1-3-4-7-15(2)13(19)14-10-6-5-9(12(17)18)8-11(10)16/h5-6,8,16H,3-4,7H2,1-2H3,(H,14,19)(H,17,18). The fourth-order valence-corrected chi connectivity index (χ4v) is 1.48. The third-order valence-corrected chi connectivity index (χ3v) is 2.68. The summed E-state index contributed by atoms with van der Waals surface area (Å²) in [5, 5.41) is 20.9. The summed E-state index contributed by atoms with van der Waals surface area (Å²) in [5.74, 6) is -1.40. The van der Waals surface area contributed by atoms with Crippen molar-refractivity contribution in [3.05, 3.63) is 23.8 Å². The summed E-state index contributed by atoms with van der Waals surface area (Å²) in [6.45, 7) is 2.65. The molecule has 0 aromatic heterocycles. The van der Waals surface area contributed by atoms with E-state index in [1.165, 1.54) is 17.0 Å². The highest BCUT2D eigenvalue weighted by Crippen LogP contribution is 2.24. The zero-order chi connectivity index (χ0) is 14.4. The van der Waals surface area contributed by atoms with Gasteiger partial charge >= 0.3 is 12.0 Å². The molecule has 0 aliphatic rings. The van der Waals surface area contributed by atoms with Gasteiger partial charge in [-0.15, -0.1) is 0 Å². The van der Waals surface area contributed by atoms with Crippen LogP contribution in [0, 0.1) is 0 Å². The lowest BCUT2D eigenvalue weighted by atomic mass is 10.2. The predicted molar refractivity (Wildman–Crippen MR) is 71.6 cm³/mol. The molecule has 1 aromatic rings. The molecule has 0 aliphatic heterocycles. The van der Waals surface area contributed by atoms with Crippen LogP contribution in [-0.4, -0.2) is 40.7 Å². The van der Waals surface area contributed by atoms with Gasteiger partial charge in [-0.1, -0.05) is 13.3 Å². The van der Waals surface area contributed by atoms with Gasteiger partial charge in [-0.2, -0.15) is 0 Å². The van der Waals surface area contributed by atoms with E-state index in [1.54, 1.807) is 7.05 Å². The Labute approximate surface area is 111 Å². The van der Waals surface area contributed by atoms with Crippen LogP contribution >= 0.6 is 0 Å².